The van der Waals surface area contributed by atoms with Gasteiger partial charge in [-0.3, -0.25) is 28.9 Å². The maximum atomic E-state index is 11.8. The molecule has 0 bridgehead atoms. The lowest BCUT2D eigenvalue weighted by atomic mass is 10.1. The van der Waals surface area contributed by atoms with Crippen molar-refractivity contribution in [3.63, 3.8) is 0 Å². The number of imide groups is 2. The molecule has 1 saturated heterocycles. The maximum Gasteiger partial charge on any atom is 0.358 e. The number of ether oxygens (including phenoxy) is 2. The summed E-state index contributed by atoms with van der Waals surface area (Å²) < 4.78 is 10.3. The molecule has 2 rings (SSSR count). The summed E-state index contributed by atoms with van der Waals surface area (Å²) in [6.07, 6.45) is 3.23. The van der Waals surface area contributed by atoms with Crippen molar-refractivity contribution < 1.29 is 43.1 Å². The Labute approximate surface area is 166 Å². The van der Waals surface area contributed by atoms with Gasteiger partial charge in [0.25, 0.3) is 23.6 Å². The van der Waals surface area contributed by atoms with Gasteiger partial charge in [-0.05, 0) is 6.42 Å². The molecular formula is C18H22N2O9. The van der Waals surface area contributed by atoms with E-state index in [1.54, 1.807) is 0 Å². The van der Waals surface area contributed by atoms with Crippen molar-refractivity contribution in [3.05, 3.63) is 12.2 Å². The SMILES string of the molecule is O=C(CCCOCCOCC(=O)ON1C(=O)CCC1=O)CCN1C(=O)C=CC1=O. The van der Waals surface area contributed by atoms with Crippen LogP contribution in [0.25, 0.3) is 0 Å². The third kappa shape index (κ3) is 7.20. The van der Waals surface area contributed by atoms with E-state index in [-0.39, 0.29) is 51.2 Å². The molecule has 0 aromatic rings. The molecule has 29 heavy (non-hydrogen) atoms. The van der Waals surface area contributed by atoms with Gasteiger partial charge in [-0.15, -0.1) is 5.06 Å². The Balaban J connectivity index is 1.43. The van der Waals surface area contributed by atoms with E-state index < -0.39 is 36.2 Å². The van der Waals surface area contributed by atoms with Gasteiger partial charge in [-0.1, -0.05) is 0 Å². The van der Waals surface area contributed by atoms with Crippen LogP contribution in [-0.4, -0.2) is 78.3 Å². The number of ketones is 1. The van der Waals surface area contributed by atoms with Gasteiger partial charge in [0.1, 0.15) is 12.4 Å². The van der Waals surface area contributed by atoms with Crippen molar-refractivity contribution in [2.45, 2.75) is 32.1 Å². The molecule has 0 aliphatic carbocycles. The van der Waals surface area contributed by atoms with Gasteiger partial charge in [-0.2, -0.15) is 0 Å². The number of hydrogen-bond donors (Lipinski definition) is 0. The second-order valence-corrected chi connectivity index (χ2v) is 6.26. The van der Waals surface area contributed by atoms with Gasteiger partial charge in [0.05, 0.1) is 13.2 Å². The largest absolute Gasteiger partial charge is 0.379 e. The summed E-state index contributed by atoms with van der Waals surface area (Å²) in [6, 6.07) is 0. The van der Waals surface area contributed by atoms with Gasteiger partial charge < -0.3 is 14.3 Å². The molecule has 0 atom stereocenters. The highest BCUT2D eigenvalue weighted by atomic mass is 16.7. The standard InChI is InChI=1S/C18H22N2O9/c21-13(7-8-19-14(22)3-4-15(19)23)2-1-9-27-10-11-28-12-18(26)29-20-16(24)5-6-17(20)25/h3-4H,1-2,5-12H2. The van der Waals surface area contributed by atoms with E-state index in [1.165, 1.54) is 12.2 Å². The Kier molecular flexibility index (Phi) is 8.62. The van der Waals surface area contributed by atoms with E-state index >= 15 is 0 Å². The summed E-state index contributed by atoms with van der Waals surface area (Å²) in [5, 5.41) is 0.450. The van der Waals surface area contributed by atoms with Crippen LogP contribution in [0.1, 0.15) is 32.1 Å². The maximum absolute atomic E-state index is 11.8. The van der Waals surface area contributed by atoms with Crippen LogP contribution < -0.4 is 0 Å². The lowest BCUT2D eigenvalue weighted by Crippen LogP contribution is -2.33. The van der Waals surface area contributed by atoms with E-state index in [2.05, 4.69) is 4.84 Å². The van der Waals surface area contributed by atoms with Crippen LogP contribution in [0, 0.1) is 0 Å². The summed E-state index contributed by atoms with van der Waals surface area (Å²) in [5.74, 6) is -2.87. The first-order valence-corrected chi connectivity index (χ1v) is 9.16. The van der Waals surface area contributed by atoms with Crippen molar-refractivity contribution in [2.24, 2.45) is 0 Å². The van der Waals surface area contributed by atoms with Crippen molar-refractivity contribution in [3.8, 4) is 0 Å². The number of hydroxylamine groups is 2. The predicted octanol–water partition coefficient (Wildman–Crippen LogP) is -0.709. The molecule has 0 unspecified atom stereocenters. The van der Waals surface area contributed by atoms with Gasteiger partial charge in [0.15, 0.2) is 0 Å². The van der Waals surface area contributed by atoms with E-state index in [9.17, 15) is 28.8 Å². The average molecular weight is 410 g/mol. The zero-order valence-corrected chi connectivity index (χ0v) is 15.8. The van der Waals surface area contributed by atoms with Crippen LogP contribution in [0.2, 0.25) is 0 Å². The average Bonchev–Trinajstić information content (AvgIpc) is 3.17. The number of Topliss-reactive ketones (excluding diaryl/α,β-unsaturated/α-hetero) is 1. The van der Waals surface area contributed by atoms with Gasteiger partial charge in [0.2, 0.25) is 0 Å². The number of rotatable bonds is 13. The van der Waals surface area contributed by atoms with Crippen molar-refractivity contribution in [1.29, 1.82) is 0 Å². The highest BCUT2D eigenvalue weighted by Crippen LogP contribution is 2.12. The summed E-state index contributed by atoms with van der Waals surface area (Å²) in [6.45, 7) is 0.229. The molecule has 158 valence electrons. The minimum atomic E-state index is -0.857. The lowest BCUT2D eigenvalue weighted by Gasteiger charge is -2.13. The summed E-state index contributed by atoms with van der Waals surface area (Å²) in [5.41, 5.74) is 0. The molecule has 0 N–H and O–H groups in total. The number of hydrogen-bond acceptors (Lipinski definition) is 9. The highest BCUT2D eigenvalue weighted by Gasteiger charge is 2.32. The third-order valence-corrected chi connectivity index (χ3v) is 4.05. The molecule has 0 saturated carbocycles. The first kappa shape index (κ1) is 22.4. The van der Waals surface area contributed by atoms with Crippen LogP contribution in [-0.2, 0) is 43.1 Å². The zero-order chi connectivity index (χ0) is 21.2. The van der Waals surface area contributed by atoms with Crippen LogP contribution in [0.15, 0.2) is 12.2 Å². The van der Waals surface area contributed by atoms with Gasteiger partial charge >= 0.3 is 5.97 Å². The fourth-order valence-corrected chi connectivity index (χ4v) is 2.55. The minimum Gasteiger partial charge on any atom is -0.379 e. The monoisotopic (exact) mass is 410 g/mol. The van der Waals surface area contributed by atoms with Crippen LogP contribution >= 0.6 is 0 Å². The number of carbonyl (C=O) groups is 6. The number of amides is 4. The van der Waals surface area contributed by atoms with E-state index in [4.69, 9.17) is 9.47 Å². The van der Waals surface area contributed by atoms with Crippen molar-refractivity contribution in [2.75, 3.05) is 33.0 Å². The Bertz CT molecular complexity index is 682. The molecule has 1 fully saturated rings. The second-order valence-electron chi connectivity index (χ2n) is 6.26. The smallest absolute Gasteiger partial charge is 0.358 e. The zero-order valence-electron chi connectivity index (χ0n) is 15.8. The lowest BCUT2D eigenvalue weighted by molar-refractivity contribution is -0.200. The molecule has 11 nitrogen and oxygen atoms in total. The van der Waals surface area contributed by atoms with Crippen LogP contribution in [0.5, 0.6) is 0 Å². The van der Waals surface area contributed by atoms with Crippen LogP contribution in [0.4, 0.5) is 0 Å². The molecule has 4 amide bonds. The quantitative estimate of drug-likeness (QED) is 0.285. The minimum absolute atomic E-state index is 0.0228. The fraction of sp³-hybridized carbons (Fsp3) is 0.556. The molecule has 2 heterocycles. The number of carbonyl (C=O) groups excluding carboxylic acids is 6. The first-order valence-electron chi connectivity index (χ1n) is 9.16. The van der Waals surface area contributed by atoms with E-state index in [0.29, 0.717) is 18.1 Å². The topological polar surface area (TPSA) is 137 Å². The van der Waals surface area contributed by atoms with Gasteiger partial charge in [-0.25, -0.2) is 4.79 Å². The third-order valence-electron chi connectivity index (χ3n) is 4.05. The molecule has 11 heteroatoms. The summed E-state index contributed by atoms with van der Waals surface area (Å²) >= 11 is 0. The highest BCUT2D eigenvalue weighted by molar-refractivity contribution is 6.13. The summed E-state index contributed by atoms with van der Waals surface area (Å²) in [4.78, 5) is 74.2. The second kappa shape index (κ2) is 11.2. The predicted molar refractivity (Wildman–Crippen MR) is 93.5 cm³/mol. The Morgan fingerprint density at radius 3 is 2.14 bits per heavy atom. The van der Waals surface area contributed by atoms with E-state index in [1.807, 2.05) is 0 Å². The molecule has 2 aliphatic heterocycles. The first-order chi connectivity index (χ1) is 13.9. The fourth-order valence-electron chi connectivity index (χ4n) is 2.55. The molecule has 0 aromatic heterocycles. The molecule has 0 radical (unpaired) electrons. The van der Waals surface area contributed by atoms with Crippen LogP contribution in [0.3, 0.4) is 0 Å². The molecule has 0 spiro atoms. The summed E-state index contributed by atoms with van der Waals surface area (Å²) in [7, 11) is 0. The Hall–Kier alpha value is -2.92. The Morgan fingerprint density at radius 2 is 1.48 bits per heavy atom. The van der Waals surface area contributed by atoms with Crippen molar-refractivity contribution >= 4 is 35.4 Å². The molecule has 2 aliphatic rings. The molecule has 0 aromatic carbocycles. The number of nitrogens with zero attached hydrogens (tertiary/aromatic N) is 2. The molecular weight excluding hydrogens is 388 g/mol. The normalized spacial score (nSPS) is 16.3. The van der Waals surface area contributed by atoms with Gasteiger partial charge in [0, 0.05) is 51.0 Å². The Morgan fingerprint density at radius 1 is 0.862 bits per heavy atom. The van der Waals surface area contributed by atoms with E-state index in [0.717, 1.165) is 4.90 Å². The van der Waals surface area contributed by atoms with Crippen molar-refractivity contribution in [1.82, 2.24) is 9.96 Å².